The minimum Gasteiger partial charge on any atom is -0.330 e. The molecular weight excluding hydrogens is 230 g/mol. The van der Waals surface area contributed by atoms with Gasteiger partial charge in [0, 0.05) is 12.8 Å². The number of nitrogens with two attached hydrogens (primary N) is 1. The quantitative estimate of drug-likeness (QED) is 0.652. The van der Waals surface area contributed by atoms with E-state index in [1.54, 1.807) is 11.3 Å². The Kier molecular flexibility index (Phi) is 8.18. The smallest absolute Gasteiger partial charge is 0.118 e. The number of aryl methyl sites for hydroxylation is 1. The number of nitrogens with zero attached hydrogens (tertiary/aromatic N) is 2. The van der Waals surface area contributed by atoms with Gasteiger partial charge in [0.1, 0.15) is 10.0 Å². The summed E-state index contributed by atoms with van der Waals surface area (Å²) in [5.41, 5.74) is 5.49. The molecule has 0 aliphatic carbocycles. The summed E-state index contributed by atoms with van der Waals surface area (Å²) in [6.45, 7) is 2.93. The molecule has 0 bridgehead atoms. The summed E-state index contributed by atoms with van der Waals surface area (Å²) in [6, 6.07) is 0. The van der Waals surface area contributed by atoms with E-state index < -0.39 is 0 Å². The van der Waals surface area contributed by atoms with Crippen molar-refractivity contribution in [3.05, 3.63) is 10.0 Å². The summed E-state index contributed by atoms with van der Waals surface area (Å²) in [7, 11) is 0. The summed E-state index contributed by atoms with van der Waals surface area (Å²) in [4.78, 5) is 0. The first-order valence-corrected chi connectivity index (χ1v) is 7.69. The molecule has 0 spiro atoms. The van der Waals surface area contributed by atoms with Crippen LogP contribution in [0.1, 0.15) is 61.9 Å². The molecule has 2 N–H and O–H groups in total. The lowest BCUT2D eigenvalue weighted by molar-refractivity contribution is 0.588. The normalized spacial score (nSPS) is 10.9. The van der Waals surface area contributed by atoms with Crippen LogP contribution in [0.3, 0.4) is 0 Å². The average Bonchev–Trinajstić information content (AvgIpc) is 2.76. The number of hydrogen-bond donors (Lipinski definition) is 1. The van der Waals surface area contributed by atoms with Gasteiger partial charge in [-0.15, -0.1) is 21.5 Å². The molecule has 1 heterocycles. The van der Waals surface area contributed by atoms with Crippen LogP contribution in [0.4, 0.5) is 0 Å². The predicted octanol–water partition coefficient (Wildman–Crippen LogP) is 3.33. The minimum atomic E-state index is 0.673. The van der Waals surface area contributed by atoms with Crippen LogP contribution in [-0.2, 0) is 12.8 Å². The van der Waals surface area contributed by atoms with Crippen molar-refractivity contribution in [2.24, 2.45) is 5.73 Å². The topological polar surface area (TPSA) is 51.8 Å². The molecule has 0 aliphatic heterocycles. The molecule has 98 valence electrons. The molecule has 0 aliphatic rings. The molecule has 0 amide bonds. The molecule has 0 saturated heterocycles. The third-order valence-electron chi connectivity index (χ3n) is 2.86. The van der Waals surface area contributed by atoms with Gasteiger partial charge in [0.2, 0.25) is 0 Å². The van der Waals surface area contributed by atoms with Crippen LogP contribution in [0.25, 0.3) is 0 Å². The van der Waals surface area contributed by atoms with E-state index in [-0.39, 0.29) is 0 Å². The fourth-order valence-electron chi connectivity index (χ4n) is 1.85. The van der Waals surface area contributed by atoms with E-state index in [1.807, 2.05) is 0 Å². The molecule has 4 heteroatoms. The standard InChI is InChI=1S/C13H25N3S/c1-2-3-4-5-6-7-8-9-12-15-16-13(17-12)10-11-14/h2-11,14H2,1H3. The second-order valence-electron chi connectivity index (χ2n) is 4.50. The zero-order valence-electron chi connectivity index (χ0n) is 11.0. The largest absolute Gasteiger partial charge is 0.330 e. The van der Waals surface area contributed by atoms with E-state index in [0.717, 1.165) is 17.8 Å². The van der Waals surface area contributed by atoms with Crippen LogP contribution in [0.5, 0.6) is 0 Å². The highest BCUT2D eigenvalue weighted by Gasteiger charge is 2.02. The van der Waals surface area contributed by atoms with Gasteiger partial charge in [-0.2, -0.15) is 0 Å². The second kappa shape index (κ2) is 9.54. The van der Waals surface area contributed by atoms with Crippen molar-refractivity contribution in [2.75, 3.05) is 6.54 Å². The zero-order chi connectivity index (χ0) is 12.3. The van der Waals surface area contributed by atoms with E-state index in [4.69, 9.17) is 5.73 Å². The average molecular weight is 255 g/mol. The Balaban J connectivity index is 2.01. The third-order valence-corrected chi connectivity index (χ3v) is 3.90. The van der Waals surface area contributed by atoms with Crippen molar-refractivity contribution in [1.82, 2.24) is 10.2 Å². The van der Waals surface area contributed by atoms with Gasteiger partial charge in [0.15, 0.2) is 0 Å². The van der Waals surface area contributed by atoms with Crippen molar-refractivity contribution >= 4 is 11.3 Å². The molecule has 1 aromatic heterocycles. The first-order valence-electron chi connectivity index (χ1n) is 6.88. The lowest BCUT2D eigenvalue weighted by Gasteiger charge is -1.99. The molecule has 17 heavy (non-hydrogen) atoms. The van der Waals surface area contributed by atoms with Crippen molar-refractivity contribution in [3.8, 4) is 0 Å². The van der Waals surface area contributed by atoms with Gasteiger partial charge < -0.3 is 5.73 Å². The van der Waals surface area contributed by atoms with E-state index in [2.05, 4.69) is 17.1 Å². The lowest BCUT2D eigenvalue weighted by Crippen LogP contribution is -2.01. The Morgan fingerprint density at radius 3 is 2.12 bits per heavy atom. The van der Waals surface area contributed by atoms with E-state index >= 15 is 0 Å². The van der Waals surface area contributed by atoms with Gasteiger partial charge in [0.05, 0.1) is 0 Å². The lowest BCUT2D eigenvalue weighted by atomic mass is 10.1. The summed E-state index contributed by atoms with van der Waals surface area (Å²) in [5.74, 6) is 0. The highest BCUT2D eigenvalue weighted by molar-refractivity contribution is 7.11. The Bertz CT molecular complexity index is 286. The van der Waals surface area contributed by atoms with Crippen LogP contribution in [-0.4, -0.2) is 16.7 Å². The zero-order valence-corrected chi connectivity index (χ0v) is 11.8. The van der Waals surface area contributed by atoms with Gasteiger partial charge in [-0.25, -0.2) is 0 Å². The Hall–Kier alpha value is -0.480. The highest BCUT2D eigenvalue weighted by Crippen LogP contribution is 2.14. The van der Waals surface area contributed by atoms with Crippen molar-refractivity contribution in [2.45, 2.75) is 64.7 Å². The first-order chi connectivity index (χ1) is 8.36. The fraction of sp³-hybridized carbons (Fsp3) is 0.846. The Labute approximate surface area is 109 Å². The maximum Gasteiger partial charge on any atom is 0.118 e. The number of hydrogen-bond acceptors (Lipinski definition) is 4. The van der Waals surface area contributed by atoms with Gasteiger partial charge in [-0.3, -0.25) is 0 Å². The van der Waals surface area contributed by atoms with E-state index in [9.17, 15) is 0 Å². The summed E-state index contributed by atoms with van der Waals surface area (Å²) in [5, 5.41) is 10.6. The summed E-state index contributed by atoms with van der Waals surface area (Å²) < 4.78 is 0. The van der Waals surface area contributed by atoms with Crippen LogP contribution >= 0.6 is 11.3 Å². The number of aromatic nitrogens is 2. The number of rotatable bonds is 10. The molecular formula is C13H25N3S. The van der Waals surface area contributed by atoms with Crippen LogP contribution in [0, 0.1) is 0 Å². The van der Waals surface area contributed by atoms with Crippen molar-refractivity contribution in [1.29, 1.82) is 0 Å². The molecule has 0 fully saturated rings. The Morgan fingerprint density at radius 2 is 1.47 bits per heavy atom. The molecule has 3 nitrogen and oxygen atoms in total. The SMILES string of the molecule is CCCCCCCCCc1nnc(CCN)s1. The van der Waals surface area contributed by atoms with Crippen LogP contribution in [0.2, 0.25) is 0 Å². The number of unbranched alkanes of at least 4 members (excludes halogenated alkanes) is 6. The van der Waals surface area contributed by atoms with E-state index in [1.165, 1.54) is 50.0 Å². The minimum absolute atomic E-state index is 0.673. The van der Waals surface area contributed by atoms with Crippen molar-refractivity contribution in [3.63, 3.8) is 0 Å². The third kappa shape index (κ3) is 6.74. The molecule has 0 radical (unpaired) electrons. The second-order valence-corrected chi connectivity index (χ2v) is 5.65. The Morgan fingerprint density at radius 1 is 0.882 bits per heavy atom. The first kappa shape index (κ1) is 14.6. The molecule has 0 saturated carbocycles. The monoisotopic (exact) mass is 255 g/mol. The molecule has 0 unspecified atom stereocenters. The maximum atomic E-state index is 5.49. The van der Waals surface area contributed by atoms with Gasteiger partial charge in [-0.05, 0) is 13.0 Å². The van der Waals surface area contributed by atoms with Gasteiger partial charge in [-0.1, -0.05) is 45.4 Å². The molecule has 0 aromatic carbocycles. The summed E-state index contributed by atoms with van der Waals surface area (Å²) in [6.07, 6.45) is 11.4. The molecule has 1 rings (SSSR count). The molecule has 1 aromatic rings. The fourth-order valence-corrected chi connectivity index (χ4v) is 2.75. The van der Waals surface area contributed by atoms with Gasteiger partial charge >= 0.3 is 0 Å². The molecule has 0 atom stereocenters. The van der Waals surface area contributed by atoms with Crippen LogP contribution < -0.4 is 5.73 Å². The predicted molar refractivity (Wildman–Crippen MR) is 74.4 cm³/mol. The summed E-state index contributed by atoms with van der Waals surface area (Å²) >= 11 is 1.73. The van der Waals surface area contributed by atoms with Crippen molar-refractivity contribution < 1.29 is 0 Å². The van der Waals surface area contributed by atoms with Crippen LogP contribution in [0.15, 0.2) is 0 Å². The van der Waals surface area contributed by atoms with E-state index in [0.29, 0.717) is 6.54 Å². The van der Waals surface area contributed by atoms with Gasteiger partial charge in [0.25, 0.3) is 0 Å². The maximum absolute atomic E-state index is 5.49. The highest BCUT2D eigenvalue weighted by atomic mass is 32.1.